The number of benzene rings is 1. The number of halogens is 6. The van der Waals surface area contributed by atoms with Gasteiger partial charge in [-0.1, -0.05) is 23.2 Å². The zero-order valence-electron chi connectivity index (χ0n) is 18.9. The lowest BCUT2D eigenvalue weighted by molar-refractivity contribution is 0.0582. The topological polar surface area (TPSA) is 68.1 Å². The van der Waals surface area contributed by atoms with Crippen molar-refractivity contribution in [3.8, 4) is 0 Å². The van der Waals surface area contributed by atoms with Crippen LogP contribution in [-0.2, 0) is 4.74 Å². The molecule has 13 heteroatoms. The average Bonchev–Trinajstić information content (AvgIpc) is 3.12. The zero-order chi connectivity index (χ0) is 25.2. The third kappa shape index (κ3) is 4.29. The Morgan fingerprint density at radius 1 is 1.11 bits per heavy atom. The van der Waals surface area contributed by atoms with Gasteiger partial charge in [0.15, 0.2) is 5.15 Å². The van der Waals surface area contributed by atoms with Gasteiger partial charge >= 0.3 is 0 Å². The molecule has 7 nitrogen and oxygen atoms in total. The summed E-state index contributed by atoms with van der Waals surface area (Å²) in [5.74, 6) is -3.09. The Morgan fingerprint density at radius 2 is 1.92 bits per heavy atom. The molecule has 1 saturated carbocycles. The number of nitrogens with one attached hydrogen (secondary N) is 1. The van der Waals surface area contributed by atoms with Crippen molar-refractivity contribution in [2.24, 2.45) is 0 Å². The lowest BCUT2D eigenvalue weighted by Crippen LogP contribution is -2.49. The minimum atomic E-state index is -2.81. The summed E-state index contributed by atoms with van der Waals surface area (Å²) in [4.78, 5) is 10.6. The molecule has 0 amide bonds. The fourth-order valence-electron chi connectivity index (χ4n) is 5.08. The van der Waals surface area contributed by atoms with E-state index in [0.29, 0.717) is 40.1 Å². The number of alkyl halides is 4. The molecule has 6 rings (SSSR count). The number of piperidine rings is 1. The molecule has 3 unspecified atom stereocenters. The van der Waals surface area contributed by atoms with Gasteiger partial charge < -0.3 is 10.1 Å². The minimum Gasteiger partial charge on any atom is -0.377 e. The van der Waals surface area contributed by atoms with Crippen molar-refractivity contribution in [2.45, 2.75) is 49.1 Å². The van der Waals surface area contributed by atoms with Gasteiger partial charge in [-0.2, -0.15) is 5.10 Å². The predicted molar refractivity (Wildman–Crippen MR) is 127 cm³/mol. The molecule has 5 atom stereocenters. The summed E-state index contributed by atoms with van der Waals surface area (Å²) in [5.41, 5.74) is 1.46. The van der Waals surface area contributed by atoms with Gasteiger partial charge in [-0.3, -0.25) is 4.90 Å². The number of nitrogens with zero attached hydrogens (tertiary/aromatic N) is 5. The van der Waals surface area contributed by atoms with Crippen LogP contribution in [0.15, 0.2) is 24.5 Å². The first kappa shape index (κ1) is 24.1. The summed E-state index contributed by atoms with van der Waals surface area (Å²) in [6.07, 6.45) is 0.738. The smallest absolute Gasteiger partial charge is 0.272 e. The van der Waals surface area contributed by atoms with E-state index in [1.54, 1.807) is 18.3 Å². The Kier molecular flexibility index (Phi) is 6.01. The number of aromatic nitrogens is 4. The molecule has 3 aliphatic rings. The van der Waals surface area contributed by atoms with E-state index in [4.69, 9.17) is 27.9 Å². The fourth-order valence-corrected chi connectivity index (χ4v) is 5.65. The third-order valence-corrected chi connectivity index (χ3v) is 7.90. The molecule has 1 aliphatic carbocycles. The lowest BCUT2D eigenvalue weighted by Gasteiger charge is -2.38. The van der Waals surface area contributed by atoms with E-state index >= 15 is 4.39 Å². The molecule has 2 aromatic heterocycles. The Labute approximate surface area is 213 Å². The molecule has 36 heavy (non-hydrogen) atoms. The van der Waals surface area contributed by atoms with Gasteiger partial charge in [0, 0.05) is 35.5 Å². The van der Waals surface area contributed by atoms with Crippen LogP contribution in [0.1, 0.15) is 30.4 Å². The van der Waals surface area contributed by atoms with Crippen molar-refractivity contribution < 1.29 is 22.3 Å². The van der Waals surface area contributed by atoms with Crippen molar-refractivity contribution in [3.05, 3.63) is 40.3 Å². The molecule has 192 valence electrons. The maximum atomic E-state index is 15.3. The molecular formula is C23H22Cl2F4N6O. The van der Waals surface area contributed by atoms with Gasteiger partial charge in [0.2, 0.25) is 5.95 Å². The summed E-state index contributed by atoms with van der Waals surface area (Å²) >= 11 is 12.8. The van der Waals surface area contributed by atoms with E-state index in [1.807, 2.05) is 4.90 Å². The van der Waals surface area contributed by atoms with Crippen LogP contribution in [0.2, 0.25) is 10.2 Å². The summed E-state index contributed by atoms with van der Waals surface area (Å²) < 4.78 is 62.5. The molecular weight excluding hydrogens is 523 g/mol. The summed E-state index contributed by atoms with van der Waals surface area (Å²) in [7, 11) is 0. The Hall–Kier alpha value is -2.21. The number of hydrogen-bond acceptors (Lipinski definition) is 6. The van der Waals surface area contributed by atoms with Crippen LogP contribution in [0.25, 0.3) is 10.9 Å². The highest BCUT2D eigenvalue weighted by Crippen LogP contribution is 2.53. The molecule has 2 saturated heterocycles. The van der Waals surface area contributed by atoms with Gasteiger partial charge in [0.1, 0.15) is 18.4 Å². The molecule has 2 aliphatic heterocycles. The van der Waals surface area contributed by atoms with E-state index in [9.17, 15) is 13.2 Å². The molecule has 1 aromatic carbocycles. The highest BCUT2D eigenvalue weighted by Gasteiger charge is 2.59. The van der Waals surface area contributed by atoms with Gasteiger partial charge in [-0.25, -0.2) is 32.2 Å². The summed E-state index contributed by atoms with van der Waals surface area (Å²) in [5, 5.41) is 7.98. The van der Waals surface area contributed by atoms with Gasteiger partial charge in [-0.15, -0.1) is 0 Å². The van der Waals surface area contributed by atoms with E-state index in [2.05, 4.69) is 20.4 Å². The average molecular weight is 545 g/mol. The van der Waals surface area contributed by atoms with E-state index in [-0.39, 0.29) is 37.3 Å². The van der Waals surface area contributed by atoms with Crippen LogP contribution in [-0.4, -0.2) is 75.3 Å². The maximum Gasteiger partial charge on any atom is 0.272 e. The van der Waals surface area contributed by atoms with Crippen LogP contribution in [0.5, 0.6) is 0 Å². The standard InChI is InChI=1S/C23H22Cl2F4N6O/c24-14-3-11-6-30-22(33-18-7-31-35(21(18)25)20-5-23(20,28)29)32-17(11)4-13(14)12-1-2-34(8-15(12)26)19-10-36-9-16(19)27/h3-4,6-7,12,15-16,19-20H,1-2,5,8-10H2,(H,30,32,33)/t12-,15+,16?,19?,20?/m0/s1. The lowest BCUT2D eigenvalue weighted by atomic mass is 9.86. The van der Waals surface area contributed by atoms with Crippen LogP contribution in [0.3, 0.4) is 0 Å². The highest BCUT2D eigenvalue weighted by molar-refractivity contribution is 6.32. The second-order valence-electron chi connectivity index (χ2n) is 9.55. The summed E-state index contributed by atoms with van der Waals surface area (Å²) in [6.45, 7) is 0.959. The molecule has 3 aromatic rings. The van der Waals surface area contributed by atoms with E-state index in [1.165, 1.54) is 6.20 Å². The first-order valence-electron chi connectivity index (χ1n) is 11.7. The molecule has 0 bridgehead atoms. The van der Waals surface area contributed by atoms with Crippen LogP contribution in [0.4, 0.5) is 29.2 Å². The highest BCUT2D eigenvalue weighted by atomic mass is 35.5. The normalized spacial score (nSPS) is 30.1. The number of ether oxygens (including phenoxy) is 1. The Bertz CT molecular complexity index is 1310. The number of anilines is 2. The predicted octanol–water partition coefficient (Wildman–Crippen LogP) is 5.32. The number of likely N-dealkylation sites (tertiary alicyclic amines) is 1. The quantitative estimate of drug-likeness (QED) is 0.438. The largest absolute Gasteiger partial charge is 0.377 e. The van der Waals surface area contributed by atoms with Crippen molar-refractivity contribution in [2.75, 3.05) is 31.6 Å². The molecule has 0 spiro atoms. The van der Waals surface area contributed by atoms with Crippen LogP contribution < -0.4 is 5.32 Å². The third-order valence-electron chi connectivity index (χ3n) is 7.19. The molecule has 3 fully saturated rings. The van der Waals surface area contributed by atoms with Crippen LogP contribution >= 0.6 is 23.2 Å². The first-order chi connectivity index (χ1) is 17.2. The van der Waals surface area contributed by atoms with Gasteiger partial charge in [-0.05, 0) is 30.7 Å². The number of hydrogen-bond donors (Lipinski definition) is 1. The second kappa shape index (κ2) is 8.97. The molecule has 1 N–H and O–H groups in total. The zero-order valence-corrected chi connectivity index (χ0v) is 20.4. The van der Waals surface area contributed by atoms with Crippen LogP contribution in [0, 0.1) is 0 Å². The molecule has 4 heterocycles. The minimum absolute atomic E-state index is 0.0351. The SMILES string of the molecule is FC1COCC1N1CC[C@@H](c2cc3nc(Nc4cnn(C5CC5(F)F)c4Cl)ncc3cc2Cl)[C@H](F)C1. The van der Waals surface area contributed by atoms with Gasteiger partial charge in [0.05, 0.1) is 36.7 Å². The maximum absolute atomic E-state index is 15.3. The van der Waals surface area contributed by atoms with Crippen molar-refractivity contribution in [3.63, 3.8) is 0 Å². The number of rotatable bonds is 5. The van der Waals surface area contributed by atoms with E-state index in [0.717, 1.165) is 4.68 Å². The fraction of sp³-hybridized carbons (Fsp3) is 0.522. The van der Waals surface area contributed by atoms with E-state index < -0.39 is 36.3 Å². The second-order valence-corrected chi connectivity index (χ2v) is 10.3. The monoisotopic (exact) mass is 544 g/mol. The summed E-state index contributed by atoms with van der Waals surface area (Å²) in [6, 6.07) is 1.96. The van der Waals surface area contributed by atoms with Gasteiger partial charge in [0.25, 0.3) is 5.92 Å². The van der Waals surface area contributed by atoms with Crippen molar-refractivity contribution in [1.82, 2.24) is 24.6 Å². The van der Waals surface area contributed by atoms with Crippen molar-refractivity contribution >= 4 is 45.7 Å². The Morgan fingerprint density at radius 3 is 2.61 bits per heavy atom. The van der Waals surface area contributed by atoms with Crippen molar-refractivity contribution in [1.29, 1.82) is 0 Å². The first-order valence-corrected chi connectivity index (χ1v) is 12.4. The number of fused-ring (bicyclic) bond motifs is 1. The molecule has 0 radical (unpaired) electrons. The Balaban J connectivity index is 1.22.